The zero-order valence-corrected chi connectivity index (χ0v) is 11.8. The zero-order valence-electron chi connectivity index (χ0n) is 11.8. The summed E-state index contributed by atoms with van der Waals surface area (Å²) in [6, 6.07) is 1.58. The van der Waals surface area contributed by atoms with Gasteiger partial charge < -0.3 is 10.2 Å². The van der Waals surface area contributed by atoms with E-state index in [2.05, 4.69) is 24.2 Å². The summed E-state index contributed by atoms with van der Waals surface area (Å²) in [5.74, 6) is 0.966. The molecule has 100 valence electrons. The largest absolute Gasteiger partial charge is 0.311 e. The molecule has 2 nitrogen and oxygen atoms in total. The van der Waals surface area contributed by atoms with Crippen molar-refractivity contribution in [1.29, 1.82) is 0 Å². The van der Waals surface area contributed by atoms with Gasteiger partial charge in [-0.15, -0.1) is 0 Å². The fourth-order valence-corrected chi connectivity index (χ4v) is 3.60. The Kier molecular flexibility index (Phi) is 5.30. The first kappa shape index (κ1) is 13.4. The Balaban J connectivity index is 1.78. The summed E-state index contributed by atoms with van der Waals surface area (Å²) in [7, 11) is 2.24. The van der Waals surface area contributed by atoms with Crippen molar-refractivity contribution in [2.45, 2.75) is 70.4 Å². The molecule has 1 N–H and O–H groups in total. The van der Waals surface area contributed by atoms with Gasteiger partial charge >= 0.3 is 0 Å². The van der Waals surface area contributed by atoms with Crippen molar-refractivity contribution in [3.8, 4) is 0 Å². The average Bonchev–Trinajstić information content (AvgIpc) is 2.39. The van der Waals surface area contributed by atoms with Gasteiger partial charge in [-0.3, -0.25) is 0 Å². The number of hydrogen-bond donors (Lipinski definition) is 1. The molecule has 2 rings (SSSR count). The summed E-state index contributed by atoms with van der Waals surface area (Å²) in [5.41, 5.74) is 0. The van der Waals surface area contributed by atoms with E-state index in [0.29, 0.717) is 0 Å². The van der Waals surface area contributed by atoms with Gasteiger partial charge in [0.2, 0.25) is 0 Å². The normalized spacial score (nSPS) is 27.2. The highest BCUT2D eigenvalue weighted by Crippen LogP contribution is 2.28. The lowest BCUT2D eigenvalue weighted by Gasteiger charge is -2.36. The SMILES string of the molecule is CCC(NC1CCN(C)CC1)C1CCCCC1. The van der Waals surface area contributed by atoms with Crippen LogP contribution in [0.4, 0.5) is 0 Å². The van der Waals surface area contributed by atoms with Crippen LogP contribution >= 0.6 is 0 Å². The van der Waals surface area contributed by atoms with E-state index < -0.39 is 0 Å². The number of nitrogens with one attached hydrogen (secondary N) is 1. The summed E-state index contributed by atoms with van der Waals surface area (Å²) < 4.78 is 0. The minimum atomic E-state index is 0.790. The maximum absolute atomic E-state index is 3.97. The molecule has 2 heteroatoms. The molecule has 17 heavy (non-hydrogen) atoms. The monoisotopic (exact) mass is 238 g/mol. The molecule has 0 amide bonds. The van der Waals surface area contributed by atoms with Crippen LogP contribution in [0.1, 0.15) is 58.3 Å². The molecule has 0 radical (unpaired) electrons. The number of hydrogen-bond acceptors (Lipinski definition) is 2. The van der Waals surface area contributed by atoms with Crippen LogP contribution in [0.5, 0.6) is 0 Å². The molecule has 0 aromatic heterocycles. The van der Waals surface area contributed by atoms with E-state index in [-0.39, 0.29) is 0 Å². The topological polar surface area (TPSA) is 15.3 Å². The number of rotatable bonds is 4. The minimum Gasteiger partial charge on any atom is -0.311 e. The van der Waals surface area contributed by atoms with Crippen LogP contribution in [0.15, 0.2) is 0 Å². The molecule has 0 spiro atoms. The molecular formula is C15H30N2. The Morgan fingerprint density at radius 1 is 1.06 bits per heavy atom. The summed E-state index contributed by atoms with van der Waals surface area (Å²) in [6.45, 7) is 4.92. The average molecular weight is 238 g/mol. The molecule has 2 fully saturated rings. The zero-order chi connectivity index (χ0) is 12.1. The molecule has 1 heterocycles. The van der Waals surface area contributed by atoms with Crippen LogP contribution in [0.25, 0.3) is 0 Å². The van der Waals surface area contributed by atoms with Crippen molar-refractivity contribution in [1.82, 2.24) is 10.2 Å². The number of nitrogens with zero attached hydrogens (tertiary/aromatic N) is 1. The van der Waals surface area contributed by atoms with Gasteiger partial charge in [0.1, 0.15) is 0 Å². The molecule has 1 aliphatic heterocycles. The van der Waals surface area contributed by atoms with Crippen LogP contribution in [0.3, 0.4) is 0 Å². The van der Waals surface area contributed by atoms with Gasteiger partial charge in [-0.2, -0.15) is 0 Å². The van der Waals surface area contributed by atoms with E-state index in [4.69, 9.17) is 0 Å². The fourth-order valence-electron chi connectivity index (χ4n) is 3.60. The van der Waals surface area contributed by atoms with Crippen LogP contribution < -0.4 is 5.32 Å². The van der Waals surface area contributed by atoms with Gasteiger partial charge in [-0.1, -0.05) is 26.2 Å². The van der Waals surface area contributed by atoms with Crippen molar-refractivity contribution < 1.29 is 0 Å². The predicted octanol–water partition coefficient (Wildman–Crippen LogP) is 3.03. The van der Waals surface area contributed by atoms with E-state index >= 15 is 0 Å². The van der Waals surface area contributed by atoms with Gasteiger partial charge in [-0.25, -0.2) is 0 Å². The highest BCUT2D eigenvalue weighted by Gasteiger charge is 2.25. The molecule has 1 atom stereocenters. The molecular weight excluding hydrogens is 208 g/mol. The minimum absolute atomic E-state index is 0.790. The fraction of sp³-hybridized carbons (Fsp3) is 1.00. The third-order valence-electron chi connectivity index (χ3n) is 4.83. The van der Waals surface area contributed by atoms with Gasteiger partial charge in [0.25, 0.3) is 0 Å². The molecule has 2 aliphatic rings. The molecule has 1 unspecified atom stereocenters. The molecule has 0 bridgehead atoms. The lowest BCUT2D eigenvalue weighted by Crippen LogP contribution is -2.47. The number of likely N-dealkylation sites (tertiary alicyclic amines) is 1. The lowest BCUT2D eigenvalue weighted by molar-refractivity contribution is 0.190. The van der Waals surface area contributed by atoms with E-state index in [1.807, 2.05) is 0 Å². The van der Waals surface area contributed by atoms with Crippen molar-refractivity contribution in [2.75, 3.05) is 20.1 Å². The summed E-state index contributed by atoms with van der Waals surface area (Å²) >= 11 is 0. The smallest absolute Gasteiger partial charge is 0.00953 e. The Morgan fingerprint density at radius 3 is 2.29 bits per heavy atom. The quantitative estimate of drug-likeness (QED) is 0.810. The first-order valence-electron chi connectivity index (χ1n) is 7.74. The Hall–Kier alpha value is -0.0800. The van der Waals surface area contributed by atoms with Gasteiger partial charge in [0, 0.05) is 12.1 Å². The van der Waals surface area contributed by atoms with E-state index in [1.54, 1.807) is 0 Å². The van der Waals surface area contributed by atoms with Gasteiger partial charge in [0.15, 0.2) is 0 Å². The molecule has 1 saturated carbocycles. The standard InChI is InChI=1S/C15H30N2/c1-3-15(13-7-5-4-6-8-13)16-14-9-11-17(2)12-10-14/h13-16H,3-12H2,1-2H3. The molecule has 0 aromatic carbocycles. The highest BCUT2D eigenvalue weighted by atomic mass is 15.1. The third-order valence-corrected chi connectivity index (χ3v) is 4.83. The van der Waals surface area contributed by atoms with Crippen LogP contribution in [-0.4, -0.2) is 37.1 Å². The molecule has 1 aliphatic carbocycles. The van der Waals surface area contributed by atoms with E-state index in [1.165, 1.54) is 64.5 Å². The van der Waals surface area contributed by atoms with Crippen LogP contribution in [0, 0.1) is 5.92 Å². The predicted molar refractivity (Wildman–Crippen MR) is 74.3 cm³/mol. The lowest BCUT2D eigenvalue weighted by atomic mass is 9.82. The number of piperidine rings is 1. The Bertz CT molecular complexity index is 203. The molecule has 1 saturated heterocycles. The van der Waals surface area contributed by atoms with E-state index in [9.17, 15) is 0 Å². The summed E-state index contributed by atoms with van der Waals surface area (Å²) in [4.78, 5) is 2.46. The maximum atomic E-state index is 3.97. The Morgan fingerprint density at radius 2 is 1.71 bits per heavy atom. The van der Waals surface area contributed by atoms with Crippen molar-refractivity contribution >= 4 is 0 Å². The first-order chi connectivity index (χ1) is 8.29. The first-order valence-corrected chi connectivity index (χ1v) is 7.74. The van der Waals surface area contributed by atoms with Gasteiger partial charge in [-0.05, 0) is 58.2 Å². The maximum Gasteiger partial charge on any atom is 0.00953 e. The third kappa shape index (κ3) is 3.96. The van der Waals surface area contributed by atoms with Crippen LogP contribution in [-0.2, 0) is 0 Å². The molecule has 0 aromatic rings. The van der Waals surface area contributed by atoms with Crippen molar-refractivity contribution in [3.63, 3.8) is 0 Å². The second kappa shape index (κ2) is 6.75. The summed E-state index contributed by atoms with van der Waals surface area (Å²) in [6.07, 6.45) is 11.4. The van der Waals surface area contributed by atoms with Crippen molar-refractivity contribution in [3.05, 3.63) is 0 Å². The highest BCUT2D eigenvalue weighted by molar-refractivity contribution is 4.84. The Labute approximate surface area is 107 Å². The van der Waals surface area contributed by atoms with Crippen LogP contribution in [0.2, 0.25) is 0 Å². The second-order valence-electron chi connectivity index (χ2n) is 6.16. The van der Waals surface area contributed by atoms with E-state index in [0.717, 1.165) is 18.0 Å². The second-order valence-corrected chi connectivity index (χ2v) is 6.16. The summed E-state index contributed by atoms with van der Waals surface area (Å²) in [5, 5.41) is 3.97. The van der Waals surface area contributed by atoms with Gasteiger partial charge in [0.05, 0.1) is 0 Å². The van der Waals surface area contributed by atoms with Crippen molar-refractivity contribution in [2.24, 2.45) is 5.92 Å².